The van der Waals surface area contributed by atoms with Gasteiger partial charge in [-0.25, -0.2) is 4.98 Å². The number of aromatic nitrogens is 1. The number of alkyl halides is 3. The average Bonchev–Trinajstić information content (AvgIpc) is 2.64. The standard InChI is InChI=1S/C18H18F3N3O3/c1-27-11-5-10-22-16(25)14-8-4-9-15(23-14)17(26)24-13-7-3-2-6-12(13)18(19,20)21/h2-4,6-9H,5,10-11H2,1H3,(H,22,25)(H,24,26). The zero-order valence-electron chi connectivity index (χ0n) is 14.5. The highest BCUT2D eigenvalue weighted by Crippen LogP contribution is 2.34. The fourth-order valence-electron chi connectivity index (χ4n) is 2.22. The van der Waals surface area contributed by atoms with Crippen molar-refractivity contribution in [2.45, 2.75) is 12.6 Å². The quantitative estimate of drug-likeness (QED) is 0.723. The normalized spacial score (nSPS) is 11.1. The van der Waals surface area contributed by atoms with Crippen molar-refractivity contribution in [3.05, 3.63) is 59.4 Å². The Hall–Kier alpha value is -2.94. The van der Waals surface area contributed by atoms with Crippen molar-refractivity contribution in [3.8, 4) is 0 Å². The Labute approximate surface area is 153 Å². The van der Waals surface area contributed by atoms with Gasteiger partial charge in [0.1, 0.15) is 11.4 Å². The summed E-state index contributed by atoms with van der Waals surface area (Å²) in [6.07, 6.45) is -4.00. The average molecular weight is 381 g/mol. The second kappa shape index (κ2) is 9.13. The molecule has 0 bridgehead atoms. The molecular formula is C18H18F3N3O3. The summed E-state index contributed by atoms with van der Waals surface area (Å²) in [6, 6.07) is 8.77. The molecular weight excluding hydrogens is 363 g/mol. The van der Waals surface area contributed by atoms with Gasteiger partial charge in [0.05, 0.1) is 11.3 Å². The van der Waals surface area contributed by atoms with Crippen LogP contribution in [0.15, 0.2) is 42.5 Å². The number of nitrogens with zero attached hydrogens (tertiary/aromatic N) is 1. The number of rotatable bonds is 7. The number of pyridine rings is 1. The molecule has 0 aliphatic carbocycles. The molecule has 0 saturated heterocycles. The third-order valence-electron chi connectivity index (χ3n) is 3.51. The van der Waals surface area contributed by atoms with Gasteiger partial charge in [-0.3, -0.25) is 9.59 Å². The lowest BCUT2D eigenvalue weighted by atomic mass is 10.1. The van der Waals surface area contributed by atoms with E-state index in [1.165, 1.54) is 30.3 Å². The maximum atomic E-state index is 13.0. The molecule has 6 nitrogen and oxygen atoms in total. The van der Waals surface area contributed by atoms with Crippen molar-refractivity contribution in [1.82, 2.24) is 10.3 Å². The summed E-state index contributed by atoms with van der Waals surface area (Å²) in [5, 5.41) is 4.81. The molecule has 9 heteroatoms. The number of para-hydroxylation sites is 1. The second-order valence-corrected chi connectivity index (χ2v) is 5.51. The molecule has 0 radical (unpaired) electrons. The van der Waals surface area contributed by atoms with E-state index in [0.717, 1.165) is 12.1 Å². The van der Waals surface area contributed by atoms with Gasteiger partial charge in [-0.1, -0.05) is 18.2 Å². The number of methoxy groups -OCH3 is 1. The number of carbonyl (C=O) groups excluding carboxylic acids is 2. The fourth-order valence-corrected chi connectivity index (χ4v) is 2.22. The Morgan fingerprint density at radius 3 is 2.37 bits per heavy atom. The largest absolute Gasteiger partial charge is 0.418 e. The third-order valence-corrected chi connectivity index (χ3v) is 3.51. The molecule has 0 unspecified atom stereocenters. The van der Waals surface area contributed by atoms with Crippen LogP contribution in [0.5, 0.6) is 0 Å². The van der Waals surface area contributed by atoms with E-state index < -0.39 is 23.6 Å². The van der Waals surface area contributed by atoms with Gasteiger partial charge in [-0.05, 0) is 30.7 Å². The Kier molecular flexibility index (Phi) is 6.89. The molecule has 2 rings (SSSR count). The second-order valence-electron chi connectivity index (χ2n) is 5.51. The predicted octanol–water partition coefficient (Wildman–Crippen LogP) is 3.12. The minimum absolute atomic E-state index is 0.0100. The van der Waals surface area contributed by atoms with Crippen LogP contribution in [-0.4, -0.2) is 37.1 Å². The molecule has 27 heavy (non-hydrogen) atoms. The molecule has 0 aliphatic heterocycles. The van der Waals surface area contributed by atoms with Gasteiger partial charge < -0.3 is 15.4 Å². The Morgan fingerprint density at radius 2 is 1.70 bits per heavy atom. The number of ether oxygens (including phenoxy) is 1. The van der Waals surface area contributed by atoms with Crippen LogP contribution < -0.4 is 10.6 Å². The van der Waals surface area contributed by atoms with Gasteiger partial charge >= 0.3 is 6.18 Å². The summed E-state index contributed by atoms with van der Waals surface area (Å²) < 4.78 is 43.9. The number of anilines is 1. The van der Waals surface area contributed by atoms with E-state index in [9.17, 15) is 22.8 Å². The van der Waals surface area contributed by atoms with Crippen molar-refractivity contribution in [3.63, 3.8) is 0 Å². The van der Waals surface area contributed by atoms with Crippen LogP contribution in [0.4, 0.5) is 18.9 Å². The van der Waals surface area contributed by atoms with Crippen LogP contribution in [0, 0.1) is 0 Å². The van der Waals surface area contributed by atoms with Gasteiger partial charge in [0, 0.05) is 20.3 Å². The monoisotopic (exact) mass is 381 g/mol. The minimum atomic E-state index is -4.61. The molecule has 144 valence electrons. The van der Waals surface area contributed by atoms with E-state index in [0.29, 0.717) is 19.6 Å². The molecule has 0 spiro atoms. The topological polar surface area (TPSA) is 80.3 Å². The summed E-state index contributed by atoms with van der Waals surface area (Å²) in [6.45, 7) is 0.846. The maximum Gasteiger partial charge on any atom is 0.418 e. The zero-order chi connectivity index (χ0) is 19.9. The van der Waals surface area contributed by atoms with Crippen LogP contribution in [-0.2, 0) is 10.9 Å². The van der Waals surface area contributed by atoms with Gasteiger partial charge in [0.25, 0.3) is 11.8 Å². The number of carbonyl (C=O) groups is 2. The number of hydrogen-bond donors (Lipinski definition) is 2. The zero-order valence-corrected chi connectivity index (χ0v) is 14.5. The molecule has 1 aromatic heterocycles. The van der Waals surface area contributed by atoms with Crippen LogP contribution in [0.3, 0.4) is 0 Å². The highest BCUT2D eigenvalue weighted by Gasteiger charge is 2.33. The molecule has 1 heterocycles. The first kappa shape index (κ1) is 20.4. The Morgan fingerprint density at radius 1 is 1.04 bits per heavy atom. The van der Waals surface area contributed by atoms with Gasteiger partial charge in [0.2, 0.25) is 0 Å². The minimum Gasteiger partial charge on any atom is -0.385 e. The van der Waals surface area contributed by atoms with E-state index in [2.05, 4.69) is 15.6 Å². The highest BCUT2D eigenvalue weighted by atomic mass is 19.4. The van der Waals surface area contributed by atoms with Crippen LogP contribution >= 0.6 is 0 Å². The first-order chi connectivity index (χ1) is 12.8. The van der Waals surface area contributed by atoms with Crippen LogP contribution in [0.25, 0.3) is 0 Å². The van der Waals surface area contributed by atoms with E-state index in [-0.39, 0.29) is 17.1 Å². The van der Waals surface area contributed by atoms with E-state index in [4.69, 9.17) is 4.74 Å². The Bertz CT molecular complexity index is 810. The number of benzene rings is 1. The molecule has 0 saturated carbocycles. The molecule has 1 aromatic carbocycles. The molecule has 0 atom stereocenters. The summed E-state index contributed by atoms with van der Waals surface area (Å²) in [4.78, 5) is 28.2. The smallest absolute Gasteiger partial charge is 0.385 e. The number of hydrogen-bond acceptors (Lipinski definition) is 4. The van der Waals surface area contributed by atoms with Crippen LogP contribution in [0.1, 0.15) is 33.0 Å². The molecule has 0 aliphatic rings. The summed E-state index contributed by atoms with van der Waals surface area (Å²) >= 11 is 0. The summed E-state index contributed by atoms with van der Waals surface area (Å²) in [5.41, 5.74) is -1.53. The third kappa shape index (κ3) is 5.78. The molecule has 2 aromatic rings. The van der Waals surface area contributed by atoms with Gasteiger partial charge in [0.15, 0.2) is 0 Å². The Balaban J connectivity index is 2.11. The lowest BCUT2D eigenvalue weighted by Gasteiger charge is -2.13. The van der Waals surface area contributed by atoms with Crippen molar-refractivity contribution >= 4 is 17.5 Å². The fraction of sp³-hybridized carbons (Fsp3) is 0.278. The van der Waals surface area contributed by atoms with Crippen LogP contribution in [0.2, 0.25) is 0 Å². The highest BCUT2D eigenvalue weighted by molar-refractivity contribution is 6.04. The van der Waals surface area contributed by atoms with E-state index >= 15 is 0 Å². The van der Waals surface area contributed by atoms with E-state index in [1.54, 1.807) is 7.11 Å². The SMILES string of the molecule is COCCCNC(=O)c1cccc(C(=O)Nc2ccccc2C(F)(F)F)n1. The van der Waals surface area contributed by atoms with Gasteiger partial charge in [-0.15, -0.1) is 0 Å². The van der Waals surface area contributed by atoms with Crippen molar-refractivity contribution in [2.24, 2.45) is 0 Å². The summed E-state index contributed by atoms with van der Waals surface area (Å²) in [7, 11) is 1.54. The summed E-state index contributed by atoms with van der Waals surface area (Å²) in [5.74, 6) is -1.34. The van der Waals surface area contributed by atoms with Crippen molar-refractivity contribution in [2.75, 3.05) is 25.6 Å². The lowest BCUT2D eigenvalue weighted by molar-refractivity contribution is -0.136. The van der Waals surface area contributed by atoms with E-state index in [1.807, 2.05) is 0 Å². The molecule has 2 amide bonds. The number of halogens is 3. The molecule has 2 N–H and O–H groups in total. The first-order valence-corrected chi connectivity index (χ1v) is 8.04. The predicted molar refractivity (Wildman–Crippen MR) is 92.5 cm³/mol. The lowest BCUT2D eigenvalue weighted by Crippen LogP contribution is -2.27. The van der Waals surface area contributed by atoms with Crippen molar-refractivity contribution in [1.29, 1.82) is 0 Å². The van der Waals surface area contributed by atoms with Crippen molar-refractivity contribution < 1.29 is 27.5 Å². The molecule has 0 fully saturated rings. The van der Waals surface area contributed by atoms with Gasteiger partial charge in [-0.2, -0.15) is 13.2 Å². The number of amides is 2. The first-order valence-electron chi connectivity index (χ1n) is 8.04. The maximum absolute atomic E-state index is 13.0. The number of nitrogens with one attached hydrogen (secondary N) is 2.